The van der Waals surface area contributed by atoms with E-state index in [1.807, 2.05) is 24.4 Å². The van der Waals surface area contributed by atoms with Crippen molar-refractivity contribution in [3.8, 4) is 5.75 Å². The van der Waals surface area contributed by atoms with Gasteiger partial charge >= 0.3 is 0 Å². The zero-order valence-corrected chi connectivity index (χ0v) is 10.2. The lowest BCUT2D eigenvalue weighted by atomic mass is 10.1. The summed E-state index contributed by atoms with van der Waals surface area (Å²) < 4.78 is 7.33. The van der Waals surface area contributed by atoms with E-state index in [1.165, 1.54) is 0 Å². The van der Waals surface area contributed by atoms with Crippen molar-refractivity contribution in [3.05, 3.63) is 30.0 Å². The van der Waals surface area contributed by atoms with Crippen molar-refractivity contribution in [1.29, 1.82) is 0 Å². The normalized spacial score (nSPS) is 10.6. The second-order valence-electron chi connectivity index (χ2n) is 3.58. The van der Waals surface area contributed by atoms with Crippen molar-refractivity contribution >= 4 is 28.1 Å². The fraction of sp³-hybridized carbons (Fsp3) is 0.250. The Kier molecular flexibility index (Phi) is 2.83. The highest BCUT2D eigenvalue weighted by Crippen LogP contribution is 2.25. The fourth-order valence-electron chi connectivity index (χ4n) is 1.86. The van der Waals surface area contributed by atoms with Crippen LogP contribution in [0.4, 0.5) is 0 Å². The van der Waals surface area contributed by atoms with Gasteiger partial charge in [-0.15, -0.1) is 0 Å². The molecule has 2 rings (SSSR count). The lowest BCUT2D eigenvalue weighted by Gasteiger charge is -2.03. The van der Waals surface area contributed by atoms with Crippen LogP contribution in [0.3, 0.4) is 0 Å². The number of nitrogens with zero attached hydrogens (tertiary/aromatic N) is 1. The van der Waals surface area contributed by atoms with Gasteiger partial charge < -0.3 is 15.0 Å². The molecule has 0 aliphatic carbocycles. The Morgan fingerprint density at radius 3 is 2.81 bits per heavy atom. The maximum Gasteiger partial charge on any atom is 0.120 e. The van der Waals surface area contributed by atoms with E-state index in [2.05, 4.69) is 11.5 Å². The number of hydrogen-bond donors (Lipinski definition) is 1. The molecule has 1 aromatic heterocycles. The van der Waals surface area contributed by atoms with E-state index in [9.17, 15) is 0 Å². The van der Waals surface area contributed by atoms with Gasteiger partial charge in [0.1, 0.15) is 10.7 Å². The van der Waals surface area contributed by atoms with Crippen LogP contribution in [0.5, 0.6) is 5.75 Å². The molecule has 0 aliphatic heterocycles. The minimum absolute atomic E-state index is 0.433. The molecule has 0 fully saturated rings. The maximum absolute atomic E-state index is 5.71. The lowest BCUT2D eigenvalue weighted by molar-refractivity contribution is 0.415. The molecular formula is C12H14N2OS. The molecule has 1 aromatic carbocycles. The molecule has 0 saturated heterocycles. The topological polar surface area (TPSA) is 40.2 Å². The standard InChI is InChI=1S/C12H14N2OS/c1-3-14-7-10(12(13)16)9-5-4-8(15-2)6-11(9)14/h4-7H,3H2,1-2H3,(H2,13,16). The Bertz CT molecular complexity index is 545. The third kappa shape index (κ3) is 1.65. The van der Waals surface area contributed by atoms with Crippen LogP contribution in [-0.4, -0.2) is 16.7 Å². The number of aromatic nitrogens is 1. The highest BCUT2D eigenvalue weighted by atomic mass is 32.1. The van der Waals surface area contributed by atoms with Gasteiger partial charge in [0, 0.05) is 29.8 Å². The number of fused-ring (bicyclic) bond motifs is 1. The first-order chi connectivity index (χ1) is 7.67. The van der Waals surface area contributed by atoms with Gasteiger partial charge in [-0.1, -0.05) is 12.2 Å². The number of ether oxygens (including phenoxy) is 1. The van der Waals surface area contributed by atoms with Crippen molar-refractivity contribution in [1.82, 2.24) is 4.57 Å². The van der Waals surface area contributed by atoms with Gasteiger partial charge in [-0.05, 0) is 19.1 Å². The summed E-state index contributed by atoms with van der Waals surface area (Å²) in [6.07, 6.45) is 1.99. The summed E-state index contributed by atoms with van der Waals surface area (Å²) in [5.41, 5.74) is 7.73. The van der Waals surface area contributed by atoms with Crippen LogP contribution in [0.2, 0.25) is 0 Å². The largest absolute Gasteiger partial charge is 0.497 e. The van der Waals surface area contributed by atoms with Gasteiger partial charge in [0.05, 0.1) is 12.6 Å². The van der Waals surface area contributed by atoms with Crippen LogP contribution in [-0.2, 0) is 6.54 Å². The van der Waals surface area contributed by atoms with Crippen LogP contribution in [0.1, 0.15) is 12.5 Å². The summed E-state index contributed by atoms with van der Waals surface area (Å²) in [4.78, 5) is 0.433. The number of thiocarbonyl (C=S) groups is 1. The monoisotopic (exact) mass is 234 g/mol. The van der Waals surface area contributed by atoms with Gasteiger partial charge in [0.25, 0.3) is 0 Å². The number of nitrogens with two attached hydrogens (primary N) is 1. The molecule has 2 N–H and O–H groups in total. The van der Waals surface area contributed by atoms with Crippen molar-refractivity contribution in [2.75, 3.05) is 7.11 Å². The lowest BCUT2D eigenvalue weighted by Crippen LogP contribution is -2.08. The van der Waals surface area contributed by atoms with Crippen LogP contribution in [0, 0.1) is 0 Å². The highest BCUT2D eigenvalue weighted by molar-refractivity contribution is 7.80. The second-order valence-corrected chi connectivity index (χ2v) is 4.02. The van der Waals surface area contributed by atoms with E-state index in [-0.39, 0.29) is 0 Å². The minimum atomic E-state index is 0.433. The molecule has 4 heteroatoms. The number of methoxy groups -OCH3 is 1. The van der Waals surface area contributed by atoms with E-state index in [1.54, 1.807) is 7.11 Å². The zero-order chi connectivity index (χ0) is 11.7. The summed E-state index contributed by atoms with van der Waals surface area (Å²) in [5, 5.41) is 1.08. The molecule has 0 bridgehead atoms. The molecule has 0 aliphatic rings. The molecule has 2 aromatic rings. The minimum Gasteiger partial charge on any atom is -0.497 e. The third-order valence-electron chi connectivity index (χ3n) is 2.70. The summed E-state index contributed by atoms with van der Waals surface area (Å²) in [5.74, 6) is 0.842. The van der Waals surface area contributed by atoms with Crippen molar-refractivity contribution in [2.24, 2.45) is 5.73 Å². The van der Waals surface area contributed by atoms with Gasteiger partial charge in [-0.3, -0.25) is 0 Å². The molecule has 16 heavy (non-hydrogen) atoms. The Morgan fingerprint density at radius 1 is 1.50 bits per heavy atom. The van der Waals surface area contributed by atoms with Gasteiger partial charge in [-0.25, -0.2) is 0 Å². The van der Waals surface area contributed by atoms with Gasteiger partial charge in [0.2, 0.25) is 0 Å². The van der Waals surface area contributed by atoms with Gasteiger partial charge in [-0.2, -0.15) is 0 Å². The quantitative estimate of drug-likeness (QED) is 0.828. The molecule has 0 spiro atoms. The Morgan fingerprint density at radius 2 is 2.25 bits per heavy atom. The molecule has 0 radical (unpaired) electrons. The number of rotatable bonds is 3. The summed E-state index contributed by atoms with van der Waals surface area (Å²) >= 11 is 5.05. The number of hydrogen-bond acceptors (Lipinski definition) is 2. The fourth-order valence-corrected chi connectivity index (χ4v) is 2.02. The van der Waals surface area contributed by atoms with Crippen molar-refractivity contribution in [2.45, 2.75) is 13.5 Å². The van der Waals surface area contributed by atoms with Crippen LogP contribution < -0.4 is 10.5 Å². The van der Waals surface area contributed by atoms with Crippen molar-refractivity contribution in [3.63, 3.8) is 0 Å². The Balaban J connectivity index is 2.74. The second kappa shape index (κ2) is 4.14. The molecule has 1 heterocycles. The molecule has 3 nitrogen and oxygen atoms in total. The predicted molar refractivity (Wildman–Crippen MR) is 70.1 cm³/mol. The van der Waals surface area contributed by atoms with Crippen LogP contribution in [0.15, 0.2) is 24.4 Å². The average Bonchev–Trinajstić information content (AvgIpc) is 2.66. The molecule has 0 amide bonds. The van der Waals surface area contributed by atoms with E-state index in [0.717, 1.165) is 28.8 Å². The third-order valence-corrected chi connectivity index (χ3v) is 2.92. The first kappa shape index (κ1) is 11.0. The SMILES string of the molecule is CCn1cc(C(N)=S)c2ccc(OC)cc21. The van der Waals surface area contributed by atoms with Gasteiger partial charge in [0.15, 0.2) is 0 Å². The van der Waals surface area contributed by atoms with Crippen molar-refractivity contribution < 1.29 is 4.74 Å². The van der Waals surface area contributed by atoms with Crippen LogP contribution in [0.25, 0.3) is 10.9 Å². The highest BCUT2D eigenvalue weighted by Gasteiger charge is 2.10. The maximum atomic E-state index is 5.71. The van der Waals surface area contributed by atoms with E-state index >= 15 is 0 Å². The molecule has 0 saturated carbocycles. The smallest absolute Gasteiger partial charge is 0.120 e. The summed E-state index contributed by atoms with van der Waals surface area (Å²) in [6.45, 7) is 2.97. The molecule has 0 atom stereocenters. The first-order valence-electron chi connectivity index (χ1n) is 5.14. The molecule has 0 unspecified atom stereocenters. The van der Waals surface area contributed by atoms with E-state index < -0.39 is 0 Å². The number of benzene rings is 1. The predicted octanol–water partition coefficient (Wildman–Crippen LogP) is 2.30. The number of aryl methyl sites for hydroxylation is 1. The summed E-state index contributed by atoms with van der Waals surface area (Å²) in [7, 11) is 1.66. The Labute approximate surface area is 99.8 Å². The summed E-state index contributed by atoms with van der Waals surface area (Å²) in [6, 6.07) is 5.92. The van der Waals surface area contributed by atoms with E-state index in [4.69, 9.17) is 22.7 Å². The first-order valence-corrected chi connectivity index (χ1v) is 5.55. The van der Waals surface area contributed by atoms with E-state index in [0.29, 0.717) is 4.99 Å². The molecule has 84 valence electrons. The van der Waals surface area contributed by atoms with Crippen LogP contribution >= 0.6 is 12.2 Å². The average molecular weight is 234 g/mol. The Hall–Kier alpha value is -1.55. The molecular weight excluding hydrogens is 220 g/mol. The zero-order valence-electron chi connectivity index (χ0n) is 9.36.